The molecule has 168 valence electrons. The molecule has 0 aliphatic rings. The van der Waals surface area contributed by atoms with Crippen LogP contribution in [0.5, 0.6) is 5.75 Å². The number of rotatable bonds is 10. The number of thiazole rings is 1. The average molecular weight is 476 g/mol. The van der Waals surface area contributed by atoms with Crippen molar-refractivity contribution in [2.75, 3.05) is 11.9 Å². The Labute approximate surface area is 189 Å². The molecule has 0 fully saturated rings. The van der Waals surface area contributed by atoms with Crippen LogP contribution in [0.15, 0.2) is 63.8 Å². The Hall–Kier alpha value is -3.31. The van der Waals surface area contributed by atoms with Gasteiger partial charge in [0.25, 0.3) is 11.6 Å². The van der Waals surface area contributed by atoms with Crippen LogP contribution in [0.25, 0.3) is 0 Å². The summed E-state index contributed by atoms with van der Waals surface area (Å²) < 4.78 is 31.0. The first kappa shape index (κ1) is 23.4. The third kappa shape index (κ3) is 5.68. The Morgan fingerprint density at radius 3 is 2.44 bits per heavy atom. The number of amides is 1. The van der Waals surface area contributed by atoms with Gasteiger partial charge < -0.3 is 4.74 Å². The number of anilines is 1. The SMILES string of the molecule is CCCCCOc1ccc(C(=O)Nc2ncc(S(=O)(=O)c3ccc([N+](=O)[O-])cc3)s2)cc1. The molecule has 1 amide bonds. The van der Waals surface area contributed by atoms with E-state index in [9.17, 15) is 23.3 Å². The summed E-state index contributed by atoms with van der Waals surface area (Å²) in [4.78, 5) is 26.5. The summed E-state index contributed by atoms with van der Waals surface area (Å²) in [5.74, 6) is 0.236. The normalized spacial score (nSPS) is 11.2. The van der Waals surface area contributed by atoms with E-state index in [1.165, 1.54) is 0 Å². The zero-order chi connectivity index (χ0) is 23.1. The summed E-state index contributed by atoms with van der Waals surface area (Å²) >= 11 is 0.797. The van der Waals surface area contributed by atoms with E-state index in [0.29, 0.717) is 17.9 Å². The zero-order valence-electron chi connectivity index (χ0n) is 17.2. The molecule has 0 bridgehead atoms. The van der Waals surface area contributed by atoms with Gasteiger partial charge in [-0.05, 0) is 42.8 Å². The van der Waals surface area contributed by atoms with E-state index < -0.39 is 20.7 Å². The highest BCUT2D eigenvalue weighted by atomic mass is 32.2. The van der Waals surface area contributed by atoms with Gasteiger partial charge >= 0.3 is 0 Å². The van der Waals surface area contributed by atoms with Crippen molar-refractivity contribution in [3.8, 4) is 5.75 Å². The van der Waals surface area contributed by atoms with Gasteiger partial charge in [-0.1, -0.05) is 31.1 Å². The predicted molar refractivity (Wildman–Crippen MR) is 120 cm³/mol. The Morgan fingerprint density at radius 1 is 1.12 bits per heavy atom. The third-order valence-corrected chi connectivity index (χ3v) is 7.60. The number of carbonyl (C=O) groups excluding carboxylic acids is 1. The first-order chi connectivity index (χ1) is 15.3. The summed E-state index contributed by atoms with van der Waals surface area (Å²) in [6.07, 6.45) is 4.31. The number of nitrogens with one attached hydrogen (secondary N) is 1. The largest absolute Gasteiger partial charge is 0.494 e. The molecule has 0 aliphatic carbocycles. The van der Waals surface area contributed by atoms with Crippen LogP contribution in [-0.4, -0.2) is 30.8 Å². The fourth-order valence-corrected chi connectivity index (χ4v) is 5.15. The summed E-state index contributed by atoms with van der Waals surface area (Å²) in [6.45, 7) is 2.73. The highest BCUT2D eigenvalue weighted by Crippen LogP contribution is 2.29. The molecule has 32 heavy (non-hydrogen) atoms. The van der Waals surface area contributed by atoms with Crippen molar-refractivity contribution >= 4 is 37.9 Å². The van der Waals surface area contributed by atoms with Crippen molar-refractivity contribution < 1.29 is 22.9 Å². The molecular weight excluding hydrogens is 454 g/mol. The minimum atomic E-state index is -3.91. The number of nitro groups is 1. The maximum Gasteiger partial charge on any atom is 0.269 e. The Balaban J connectivity index is 1.65. The van der Waals surface area contributed by atoms with Crippen LogP contribution in [0.2, 0.25) is 0 Å². The van der Waals surface area contributed by atoms with Crippen LogP contribution in [0, 0.1) is 10.1 Å². The lowest BCUT2D eigenvalue weighted by atomic mass is 10.2. The van der Waals surface area contributed by atoms with E-state index in [1.54, 1.807) is 24.3 Å². The van der Waals surface area contributed by atoms with Crippen molar-refractivity contribution in [2.24, 2.45) is 0 Å². The van der Waals surface area contributed by atoms with Crippen LogP contribution in [0.4, 0.5) is 10.8 Å². The van der Waals surface area contributed by atoms with Gasteiger partial charge in [0.1, 0.15) is 9.96 Å². The van der Waals surface area contributed by atoms with Crippen molar-refractivity contribution in [3.05, 3.63) is 70.4 Å². The molecule has 0 unspecified atom stereocenters. The molecule has 0 saturated carbocycles. The maximum atomic E-state index is 12.7. The van der Waals surface area contributed by atoms with Crippen molar-refractivity contribution in [3.63, 3.8) is 0 Å². The molecule has 0 saturated heterocycles. The monoisotopic (exact) mass is 475 g/mol. The minimum absolute atomic E-state index is 0.0857. The zero-order valence-corrected chi connectivity index (χ0v) is 18.8. The second-order valence-electron chi connectivity index (χ2n) is 6.77. The van der Waals surface area contributed by atoms with Crippen LogP contribution >= 0.6 is 11.3 Å². The number of unbranched alkanes of at least 4 members (excludes halogenated alkanes) is 2. The number of hydrogen-bond donors (Lipinski definition) is 1. The van der Waals surface area contributed by atoms with Gasteiger partial charge in [0.15, 0.2) is 5.13 Å². The standard InChI is InChI=1S/C21H21N3O6S2/c1-2-3-4-13-30-17-9-5-15(6-10-17)20(25)23-21-22-14-19(31-21)32(28,29)18-11-7-16(8-12-18)24(26)27/h5-12,14H,2-4,13H2,1H3,(H,22,23,25). The summed E-state index contributed by atoms with van der Waals surface area (Å²) in [6, 6.07) is 11.2. The number of aromatic nitrogens is 1. The lowest BCUT2D eigenvalue weighted by Crippen LogP contribution is -2.11. The molecule has 3 rings (SSSR count). The van der Waals surface area contributed by atoms with Crippen molar-refractivity contribution in [1.29, 1.82) is 0 Å². The van der Waals surface area contributed by atoms with Crippen molar-refractivity contribution in [1.82, 2.24) is 4.98 Å². The van der Waals surface area contributed by atoms with E-state index in [4.69, 9.17) is 4.74 Å². The van der Waals surface area contributed by atoms with E-state index in [2.05, 4.69) is 17.2 Å². The van der Waals surface area contributed by atoms with Gasteiger partial charge in [-0.15, -0.1) is 0 Å². The molecule has 3 aromatic rings. The molecule has 11 heteroatoms. The molecular formula is C21H21N3O6S2. The molecule has 1 heterocycles. The number of ether oxygens (including phenoxy) is 1. The van der Waals surface area contributed by atoms with Crippen LogP contribution in [0.3, 0.4) is 0 Å². The fourth-order valence-electron chi connectivity index (χ4n) is 2.72. The number of nitrogens with zero attached hydrogens (tertiary/aromatic N) is 2. The fraction of sp³-hybridized carbons (Fsp3) is 0.238. The molecule has 1 N–H and O–H groups in total. The third-order valence-electron chi connectivity index (χ3n) is 4.46. The minimum Gasteiger partial charge on any atom is -0.494 e. The molecule has 0 aliphatic heterocycles. The van der Waals surface area contributed by atoms with Gasteiger partial charge in [0, 0.05) is 17.7 Å². The van der Waals surface area contributed by atoms with Gasteiger partial charge in [-0.2, -0.15) is 0 Å². The molecule has 1 aromatic heterocycles. The molecule has 0 atom stereocenters. The number of sulfone groups is 1. The number of hydrogen-bond acceptors (Lipinski definition) is 8. The Bertz CT molecular complexity index is 1190. The lowest BCUT2D eigenvalue weighted by Gasteiger charge is -2.07. The topological polar surface area (TPSA) is 128 Å². The number of non-ortho nitro benzene ring substituents is 1. The first-order valence-electron chi connectivity index (χ1n) is 9.81. The molecule has 9 nitrogen and oxygen atoms in total. The van der Waals surface area contributed by atoms with Crippen molar-refractivity contribution in [2.45, 2.75) is 35.3 Å². The van der Waals surface area contributed by atoms with Crippen LogP contribution in [0.1, 0.15) is 36.5 Å². The predicted octanol–water partition coefficient (Wildman–Crippen LogP) is 4.71. The Morgan fingerprint density at radius 2 is 1.81 bits per heavy atom. The molecule has 0 spiro atoms. The summed E-state index contributed by atoms with van der Waals surface area (Å²) in [5.41, 5.74) is 0.166. The quantitative estimate of drug-likeness (QED) is 0.255. The maximum absolute atomic E-state index is 12.7. The number of nitro benzene ring substituents is 1. The van der Waals surface area contributed by atoms with Gasteiger partial charge in [-0.25, -0.2) is 13.4 Å². The van der Waals surface area contributed by atoms with E-state index in [1.807, 2.05) is 0 Å². The van der Waals surface area contributed by atoms with E-state index in [0.717, 1.165) is 61.1 Å². The number of carbonyl (C=O) groups is 1. The number of benzene rings is 2. The summed E-state index contributed by atoms with van der Waals surface area (Å²) in [5, 5.41) is 13.4. The summed E-state index contributed by atoms with van der Waals surface area (Å²) in [7, 11) is -3.91. The van der Waals surface area contributed by atoms with Crippen LogP contribution < -0.4 is 10.1 Å². The lowest BCUT2D eigenvalue weighted by molar-refractivity contribution is -0.384. The highest BCUT2D eigenvalue weighted by Gasteiger charge is 2.22. The van der Waals surface area contributed by atoms with Crippen LogP contribution in [-0.2, 0) is 9.84 Å². The molecule has 0 radical (unpaired) electrons. The smallest absolute Gasteiger partial charge is 0.269 e. The second-order valence-corrected chi connectivity index (χ2v) is 9.98. The average Bonchev–Trinajstić information content (AvgIpc) is 3.26. The highest BCUT2D eigenvalue weighted by molar-refractivity contribution is 7.93. The second kappa shape index (κ2) is 10.3. The van der Waals surface area contributed by atoms with E-state index in [-0.39, 0.29) is 19.9 Å². The van der Waals surface area contributed by atoms with Gasteiger partial charge in [-0.3, -0.25) is 20.2 Å². The van der Waals surface area contributed by atoms with Gasteiger partial charge in [0.2, 0.25) is 9.84 Å². The van der Waals surface area contributed by atoms with E-state index >= 15 is 0 Å². The van der Waals surface area contributed by atoms with Gasteiger partial charge in [0.05, 0.1) is 22.6 Å². The Kier molecular flexibility index (Phi) is 7.54. The first-order valence-corrected chi connectivity index (χ1v) is 12.1. The molecule has 2 aromatic carbocycles.